The average Bonchev–Trinajstić information content (AvgIpc) is 3.12. The van der Waals surface area contributed by atoms with Crippen LogP contribution in [0.15, 0.2) is 18.5 Å². The molecule has 0 saturated carbocycles. The molecule has 0 amide bonds. The Kier molecular flexibility index (Phi) is 4.20. The van der Waals surface area contributed by atoms with E-state index in [1.165, 1.54) is 12.3 Å². The zero-order chi connectivity index (χ0) is 16.4. The van der Waals surface area contributed by atoms with E-state index in [2.05, 4.69) is 25.5 Å². The Morgan fingerprint density at radius 2 is 2.26 bits per heavy atom. The van der Waals surface area contributed by atoms with Gasteiger partial charge in [0.2, 0.25) is 0 Å². The number of rotatable bonds is 4. The van der Waals surface area contributed by atoms with Gasteiger partial charge in [-0.3, -0.25) is 10.1 Å². The van der Waals surface area contributed by atoms with Crippen LogP contribution in [0.25, 0.3) is 0 Å². The molecule has 0 radical (unpaired) electrons. The monoisotopic (exact) mass is 327 g/mol. The van der Waals surface area contributed by atoms with Gasteiger partial charge >= 0.3 is 6.18 Å². The summed E-state index contributed by atoms with van der Waals surface area (Å²) in [7, 11) is 0. The third-order valence-electron chi connectivity index (χ3n) is 3.76. The Hall–Kier alpha value is -2.16. The van der Waals surface area contributed by atoms with Crippen LogP contribution in [0.5, 0.6) is 0 Å². The van der Waals surface area contributed by atoms with Gasteiger partial charge in [-0.05, 0) is 19.4 Å². The first-order chi connectivity index (χ1) is 10.9. The van der Waals surface area contributed by atoms with Crippen LogP contribution in [0.1, 0.15) is 29.7 Å². The van der Waals surface area contributed by atoms with Gasteiger partial charge < -0.3 is 10.1 Å². The number of alkyl halides is 3. The first-order valence-corrected chi connectivity index (χ1v) is 7.20. The molecule has 0 aromatic carbocycles. The van der Waals surface area contributed by atoms with Crippen molar-refractivity contribution in [3.05, 3.63) is 35.7 Å². The molecule has 124 valence electrons. The Morgan fingerprint density at radius 3 is 2.96 bits per heavy atom. The highest BCUT2D eigenvalue weighted by molar-refractivity contribution is 5.51. The third-order valence-corrected chi connectivity index (χ3v) is 3.76. The number of H-pyrrole nitrogens is 1. The lowest BCUT2D eigenvalue weighted by molar-refractivity contribution is -0.137. The number of hydrogen-bond donors (Lipinski definition) is 2. The highest BCUT2D eigenvalue weighted by Gasteiger charge is 2.35. The average molecular weight is 327 g/mol. The topological polar surface area (TPSA) is 75.7 Å². The summed E-state index contributed by atoms with van der Waals surface area (Å²) in [5.74, 6) is 1.22. The standard InChI is InChI=1S/C14H16F3N5O/c1-8-20-13(22-21-8)12-9(3-5-23-12)6-19-11-2-4-18-7-10(11)14(15,16)17/h2,4,7,9,12H,3,5-6H2,1H3,(H,18,19)(H,20,21,22)/t9-,12-/m1/s1. The molecule has 2 atom stereocenters. The number of nitrogens with zero attached hydrogens (tertiary/aromatic N) is 3. The zero-order valence-electron chi connectivity index (χ0n) is 12.4. The van der Waals surface area contributed by atoms with Crippen molar-refractivity contribution in [1.82, 2.24) is 20.2 Å². The van der Waals surface area contributed by atoms with Crippen LogP contribution in [0.3, 0.4) is 0 Å². The Balaban J connectivity index is 1.71. The molecule has 2 aromatic rings. The summed E-state index contributed by atoms with van der Waals surface area (Å²) in [6.45, 7) is 2.66. The van der Waals surface area contributed by atoms with Crippen LogP contribution in [0.2, 0.25) is 0 Å². The summed E-state index contributed by atoms with van der Waals surface area (Å²) in [4.78, 5) is 7.79. The number of ether oxygens (including phenoxy) is 1. The summed E-state index contributed by atoms with van der Waals surface area (Å²) < 4.78 is 44.5. The minimum absolute atomic E-state index is 0.000510. The van der Waals surface area contributed by atoms with Crippen molar-refractivity contribution in [3.63, 3.8) is 0 Å². The van der Waals surface area contributed by atoms with Crippen LogP contribution in [-0.4, -0.2) is 33.3 Å². The maximum absolute atomic E-state index is 13.0. The normalized spacial score (nSPS) is 21.6. The van der Waals surface area contributed by atoms with Gasteiger partial charge in [0.05, 0.1) is 5.56 Å². The molecule has 0 spiro atoms. The lowest BCUT2D eigenvalue weighted by atomic mass is 10.0. The molecule has 1 saturated heterocycles. The van der Waals surface area contributed by atoms with Crippen molar-refractivity contribution in [2.24, 2.45) is 5.92 Å². The van der Waals surface area contributed by atoms with E-state index < -0.39 is 11.7 Å². The molecule has 0 aliphatic carbocycles. The molecule has 3 rings (SSSR count). The lowest BCUT2D eigenvalue weighted by Gasteiger charge is -2.19. The van der Waals surface area contributed by atoms with Crippen molar-refractivity contribution < 1.29 is 17.9 Å². The maximum atomic E-state index is 13.0. The molecular weight excluding hydrogens is 311 g/mol. The number of nitrogens with one attached hydrogen (secondary N) is 2. The van der Waals surface area contributed by atoms with E-state index in [9.17, 15) is 13.2 Å². The zero-order valence-corrected chi connectivity index (χ0v) is 12.4. The first kappa shape index (κ1) is 15.7. The van der Waals surface area contributed by atoms with E-state index >= 15 is 0 Å². The summed E-state index contributed by atoms with van der Waals surface area (Å²) in [5.41, 5.74) is -0.756. The molecule has 2 N–H and O–H groups in total. The van der Waals surface area contributed by atoms with E-state index in [1.807, 2.05) is 0 Å². The molecule has 23 heavy (non-hydrogen) atoms. The van der Waals surface area contributed by atoms with E-state index in [0.717, 1.165) is 12.6 Å². The van der Waals surface area contributed by atoms with Crippen LogP contribution in [0.4, 0.5) is 18.9 Å². The second-order valence-electron chi connectivity index (χ2n) is 5.42. The van der Waals surface area contributed by atoms with Gasteiger partial charge in [0, 0.05) is 37.2 Å². The van der Waals surface area contributed by atoms with E-state index in [4.69, 9.17) is 4.74 Å². The van der Waals surface area contributed by atoms with Crippen LogP contribution in [-0.2, 0) is 10.9 Å². The quantitative estimate of drug-likeness (QED) is 0.903. The summed E-state index contributed by atoms with van der Waals surface area (Å²) in [6.07, 6.45) is -1.87. The highest BCUT2D eigenvalue weighted by Crippen LogP contribution is 2.36. The smallest absolute Gasteiger partial charge is 0.384 e. The minimum atomic E-state index is -4.44. The van der Waals surface area contributed by atoms with Crippen LogP contribution < -0.4 is 5.32 Å². The predicted octanol–water partition coefficient (Wildman–Crippen LogP) is 2.72. The minimum Gasteiger partial charge on any atom is -0.384 e. The number of aromatic amines is 1. The van der Waals surface area contributed by atoms with Gasteiger partial charge in [0.1, 0.15) is 11.9 Å². The van der Waals surface area contributed by atoms with Gasteiger partial charge in [-0.25, -0.2) is 4.98 Å². The number of pyridine rings is 1. The lowest BCUT2D eigenvalue weighted by Crippen LogP contribution is -2.20. The molecule has 1 aliphatic rings. The van der Waals surface area contributed by atoms with E-state index in [0.29, 0.717) is 24.8 Å². The fourth-order valence-corrected chi connectivity index (χ4v) is 2.63. The van der Waals surface area contributed by atoms with E-state index in [-0.39, 0.29) is 17.7 Å². The van der Waals surface area contributed by atoms with E-state index in [1.54, 1.807) is 6.92 Å². The number of aryl methyl sites for hydroxylation is 1. The molecule has 3 heterocycles. The molecule has 0 unspecified atom stereocenters. The Bertz CT molecular complexity index is 672. The number of anilines is 1. The van der Waals surface area contributed by atoms with Gasteiger partial charge in [-0.15, -0.1) is 0 Å². The molecule has 1 aliphatic heterocycles. The predicted molar refractivity (Wildman–Crippen MR) is 75.6 cm³/mol. The van der Waals surface area contributed by atoms with Gasteiger partial charge in [-0.1, -0.05) is 0 Å². The molecule has 1 fully saturated rings. The number of halogens is 3. The molecular formula is C14H16F3N5O. The largest absolute Gasteiger partial charge is 0.419 e. The van der Waals surface area contributed by atoms with Crippen LogP contribution in [0, 0.1) is 12.8 Å². The van der Waals surface area contributed by atoms with Crippen LogP contribution >= 0.6 is 0 Å². The fourth-order valence-electron chi connectivity index (χ4n) is 2.63. The Labute approximate surface area is 130 Å². The summed E-state index contributed by atoms with van der Waals surface area (Å²) >= 11 is 0. The second-order valence-corrected chi connectivity index (χ2v) is 5.42. The summed E-state index contributed by atoms with van der Waals surface area (Å²) in [5, 5.41) is 9.69. The second kappa shape index (κ2) is 6.15. The summed E-state index contributed by atoms with van der Waals surface area (Å²) in [6, 6.07) is 1.32. The maximum Gasteiger partial charge on any atom is 0.419 e. The first-order valence-electron chi connectivity index (χ1n) is 7.20. The van der Waals surface area contributed by atoms with Gasteiger partial charge in [-0.2, -0.15) is 18.3 Å². The van der Waals surface area contributed by atoms with Gasteiger partial charge in [0.15, 0.2) is 5.82 Å². The molecule has 9 heteroatoms. The molecule has 6 nitrogen and oxygen atoms in total. The number of aromatic nitrogens is 4. The van der Waals surface area contributed by atoms with Crippen molar-refractivity contribution >= 4 is 5.69 Å². The highest BCUT2D eigenvalue weighted by atomic mass is 19.4. The fraction of sp³-hybridized carbons (Fsp3) is 0.500. The molecule has 2 aromatic heterocycles. The number of hydrogen-bond acceptors (Lipinski definition) is 5. The third kappa shape index (κ3) is 3.44. The molecule has 0 bridgehead atoms. The SMILES string of the molecule is Cc1nc([C@@H]2OCC[C@@H]2CNc2ccncc2C(F)(F)F)n[nH]1. The van der Waals surface area contributed by atoms with Crippen molar-refractivity contribution in [2.45, 2.75) is 25.6 Å². The van der Waals surface area contributed by atoms with Crippen molar-refractivity contribution in [1.29, 1.82) is 0 Å². The van der Waals surface area contributed by atoms with Gasteiger partial charge in [0.25, 0.3) is 0 Å². The van der Waals surface area contributed by atoms with Crippen molar-refractivity contribution in [2.75, 3.05) is 18.5 Å². The van der Waals surface area contributed by atoms with Crippen molar-refractivity contribution in [3.8, 4) is 0 Å². The Morgan fingerprint density at radius 1 is 1.43 bits per heavy atom.